The van der Waals surface area contributed by atoms with E-state index in [0.29, 0.717) is 22.4 Å². The number of nitrogens with one attached hydrogen (secondary N) is 1. The Balaban J connectivity index is 1.86. The largest absolute Gasteiger partial charge is 0.506 e. The van der Waals surface area contributed by atoms with E-state index >= 15 is 0 Å². The van der Waals surface area contributed by atoms with Crippen molar-refractivity contribution in [3.63, 3.8) is 0 Å². The molecule has 0 amide bonds. The van der Waals surface area contributed by atoms with Crippen LogP contribution in [0.25, 0.3) is 5.69 Å². The molecule has 3 N–H and O–H groups in total. The lowest BCUT2D eigenvalue weighted by Gasteiger charge is -2.27. The maximum atomic E-state index is 10.5. The van der Waals surface area contributed by atoms with E-state index in [-0.39, 0.29) is 24.4 Å². The van der Waals surface area contributed by atoms with Gasteiger partial charge in [-0.2, -0.15) is 0 Å². The lowest BCUT2D eigenvalue weighted by molar-refractivity contribution is 0.223. The quantitative estimate of drug-likeness (QED) is 0.522. The van der Waals surface area contributed by atoms with Gasteiger partial charge in [0.1, 0.15) is 5.75 Å². The molecular formula is C22H23ClN4O2S. The SMILES string of the molecule is Cc1cc([C@H]2[C@H](c3ccccn3)NC(=S)N2CCO)c(C)n1-c1cc(Cl)ccc1O. The average molecular weight is 443 g/mol. The van der Waals surface area contributed by atoms with Crippen molar-refractivity contribution in [2.45, 2.75) is 25.9 Å². The second kappa shape index (κ2) is 8.26. The molecule has 3 heterocycles. The number of hydrogen-bond acceptors (Lipinski definition) is 4. The molecule has 0 saturated carbocycles. The predicted octanol–water partition coefficient (Wildman–Crippen LogP) is 3.81. The molecule has 2 aromatic heterocycles. The number of aromatic nitrogens is 2. The van der Waals surface area contributed by atoms with Crippen LogP contribution in [0.2, 0.25) is 5.02 Å². The predicted molar refractivity (Wildman–Crippen MR) is 121 cm³/mol. The Labute approximate surface area is 185 Å². The van der Waals surface area contributed by atoms with Crippen molar-refractivity contribution < 1.29 is 10.2 Å². The monoisotopic (exact) mass is 442 g/mol. The van der Waals surface area contributed by atoms with Crippen LogP contribution >= 0.6 is 23.8 Å². The van der Waals surface area contributed by atoms with Crippen molar-refractivity contribution in [1.82, 2.24) is 19.8 Å². The number of nitrogens with zero attached hydrogens (tertiary/aromatic N) is 3. The Bertz CT molecular complexity index is 1090. The summed E-state index contributed by atoms with van der Waals surface area (Å²) in [4.78, 5) is 6.53. The van der Waals surface area contributed by atoms with Gasteiger partial charge < -0.3 is 25.0 Å². The molecule has 0 radical (unpaired) electrons. The Kier molecular flexibility index (Phi) is 5.69. The molecule has 2 atom stereocenters. The highest BCUT2D eigenvalue weighted by molar-refractivity contribution is 7.80. The van der Waals surface area contributed by atoms with Gasteiger partial charge in [-0.1, -0.05) is 17.7 Å². The van der Waals surface area contributed by atoms with Gasteiger partial charge in [-0.05, 0) is 68.0 Å². The van der Waals surface area contributed by atoms with Gasteiger partial charge in [-0.15, -0.1) is 0 Å². The molecule has 1 fully saturated rings. The van der Waals surface area contributed by atoms with Crippen molar-refractivity contribution >= 4 is 28.9 Å². The minimum absolute atomic E-state index is 0.0128. The molecule has 1 saturated heterocycles. The Morgan fingerprint density at radius 2 is 2.00 bits per heavy atom. The summed E-state index contributed by atoms with van der Waals surface area (Å²) in [5.41, 5.74) is 4.47. The van der Waals surface area contributed by atoms with E-state index in [1.54, 1.807) is 24.4 Å². The van der Waals surface area contributed by atoms with Crippen LogP contribution in [0, 0.1) is 13.8 Å². The first-order chi connectivity index (χ1) is 14.4. The van der Waals surface area contributed by atoms with Crippen LogP contribution < -0.4 is 5.32 Å². The second-order valence-electron chi connectivity index (χ2n) is 7.34. The molecule has 0 spiro atoms. The third kappa shape index (κ3) is 3.53. The molecule has 1 aromatic carbocycles. The van der Waals surface area contributed by atoms with Gasteiger partial charge in [0.15, 0.2) is 5.11 Å². The van der Waals surface area contributed by atoms with Crippen molar-refractivity contribution in [3.8, 4) is 11.4 Å². The van der Waals surface area contributed by atoms with E-state index < -0.39 is 0 Å². The van der Waals surface area contributed by atoms with Crippen LogP contribution in [-0.4, -0.2) is 42.9 Å². The van der Waals surface area contributed by atoms with Gasteiger partial charge >= 0.3 is 0 Å². The summed E-state index contributed by atoms with van der Waals surface area (Å²) in [5, 5.41) is 24.6. The van der Waals surface area contributed by atoms with Gasteiger partial charge in [0, 0.05) is 29.2 Å². The number of aryl methyl sites for hydroxylation is 1. The zero-order chi connectivity index (χ0) is 21.4. The minimum Gasteiger partial charge on any atom is -0.506 e. The first-order valence-electron chi connectivity index (χ1n) is 9.69. The van der Waals surface area contributed by atoms with Crippen LogP contribution in [0.1, 0.15) is 34.7 Å². The molecule has 6 nitrogen and oxygen atoms in total. The summed E-state index contributed by atoms with van der Waals surface area (Å²) >= 11 is 11.8. The number of phenolic OH excluding ortho intramolecular Hbond substituents is 1. The van der Waals surface area contributed by atoms with Gasteiger partial charge in [-0.25, -0.2) is 0 Å². The highest BCUT2D eigenvalue weighted by atomic mass is 35.5. The van der Waals surface area contributed by atoms with Crippen molar-refractivity contribution in [2.24, 2.45) is 0 Å². The molecule has 1 aliphatic heterocycles. The fraction of sp³-hybridized carbons (Fsp3) is 0.273. The normalized spacial score (nSPS) is 18.7. The lowest BCUT2D eigenvalue weighted by Crippen LogP contribution is -2.32. The van der Waals surface area contributed by atoms with E-state index in [1.807, 2.05) is 41.5 Å². The summed E-state index contributed by atoms with van der Waals surface area (Å²) in [6, 6.07) is 12.6. The lowest BCUT2D eigenvalue weighted by atomic mass is 9.97. The van der Waals surface area contributed by atoms with Crippen LogP contribution in [0.3, 0.4) is 0 Å². The van der Waals surface area contributed by atoms with E-state index in [9.17, 15) is 10.2 Å². The summed E-state index contributed by atoms with van der Waals surface area (Å²) in [5.74, 6) is 0.154. The number of hydrogen-bond donors (Lipinski definition) is 3. The van der Waals surface area contributed by atoms with Gasteiger partial charge in [0.25, 0.3) is 0 Å². The van der Waals surface area contributed by atoms with Crippen molar-refractivity contribution in [3.05, 3.63) is 76.3 Å². The van der Waals surface area contributed by atoms with Crippen LogP contribution in [0.5, 0.6) is 5.75 Å². The van der Waals surface area contributed by atoms with E-state index in [1.165, 1.54) is 0 Å². The Morgan fingerprint density at radius 3 is 2.70 bits per heavy atom. The highest BCUT2D eigenvalue weighted by Gasteiger charge is 2.41. The molecule has 0 unspecified atom stereocenters. The fourth-order valence-electron chi connectivity index (χ4n) is 4.23. The smallest absolute Gasteiger partial charge is 0.170 e. The summed E-state index contributed by atoms with van der Waals surface area (Å²) < 4.78 is 1.99. The number of benzene rings is 1. The number of phenols is 1. The molecule has 8 heteroatoms. The zero-order valence-electron chi connectivity index (χ0n) is 16.7. The number of rotatable bonds is 5. The van der Waals surface area contributed by atoms with E-state index in [2.05, 4.69) is 16.4 Å². The molecule has 0 bridgehead atoms. The number of aromatic hydroxyl groups is 1. The van der Waals surface area contributed by atoms with Gasteiger partial charge in [0.05, 0.1) is 30.1 Å². The number of β-amino-alcohol motifs (C(OH)–C–C–N with tert-alkyl or cyclic N) is 1. The summed E-state index contributed by atoms with van der Waals surface area (Å²) in [7, 11) is 0. The molecule has 1 aliphatic rings. The van der Waals surface area contributed by atoms with E-state index in [4.69, 9.17) is 23.8 Å². The Hall–Kier alpha value is -2.61. The topological polar surface area (TPSA) is 73.5 Å². The molecule has 3 aromatic rings. The summed E-state index contributed by atoms with van der Waals surface area (Å²) in [6.45, 7) is 4.40. The van der Waals surface area contributed by atoms with Crippen LogP contribution in [0.15, 0.2) is 48.7 Å². The highest BCUT2D eigenvalue weighted by Crippen LogP contribution is 2.42. The first kappa shape index (κ1) is 20.7. The number of thiocarbonyl (C=S) groups is 1. The standard InChI is InChI=1S/C22H23ClN4O2S/c1-13-11-16(14(2)27(13)18-12-15(23)6-7-19(18)29)21-20(17-5-3-4-8-24-17)25-22(30)26(21)9-10-28/h3-8,11-12,20-21,28-29H,9-10H2,1-2H3,(H,25,30)/t20-,21-/m0/s1. The van der Waals surface area contributed by atoms with Gasteiger partial charge in [-0.3, -0.25) is 4.98 Å². The average Bonchev–Trinajstić information content (AvgIpc) is 3.21. The summed E-state index contributed by atoms with van der Waals surface area (Å²) in [6.07, 6.45) is 1.76. The number of halogens is 1. The van der Waals surface area contributed by atoms with Crippen molar-refractivity contribution in [2.75, 3.05) is 13.2 Å². The molecule has 156 valence electrons. The third-order valence-electron chi connectivity index (χ3n) is 5.51. The number of aliphatic hydroxyl groups is 1. The Morgan fingerprint density at radius 1 is 1.20 bits per heavy atom. The molecule has 30 heavy (non-hydrogen) atoms. The maximum absolute atomic E-state index is 10.5. The molecule has 0 aliphatic carbocycles. The molecular weight excluding hydrogens is 420 g/mol. The molecule has 4 rings (SSSR count). The minimum atomic E-state index is -0.160. The van der Waals surface area contributed by atoms with E-state index in [0.717, 1.165) is 22.6 Å². The first-order valence-corrected chi connectivity index (χ1v) is 10.5. The van der Waals surface area contributed by atoms with Crippen molar-refractivity contribution in [1.29, 1.82) is 0 Å². The maximum Gasteiger partial charge on any atom is 0.170 e. The second-order valence-corrected chi connectivity index (χ2v) is 8.16. The van der Waals surface area contributed by atoms with Crippen LogP contribution in [0.4, 0.5) is 0 Å². The fourth-order valence-corrected chi connectivity index (χ4v) is 4.72. The number of pyridine rings is 1. The third-order valence-corrected chi connectivity index (χ3v) is 6.09. The zero-order valence-corrected chi connectivity index (χ0v) is 18.3. The van der Waals surface area contributed by atoms with Gasteiger partial charge in [0.2, 0.25) is 0 Å². The van der Waals surface area contributed by atoms with Crippen LogP contribution in [-0.2, 0) is 0 Å². The number of aliphatic hydroxyl groups excluding tert-OH is 1.